The summed E-state index contributed by atoms with van der Waals surface area (Å²) in [7, 11) is 0. The minimum Gasteiger partial charge on any atom is -0.479 e. The Hall–Kier alpha value is -1.20. The Labute approximate surface area is 142 Å². The van der Waals surface area contributed by atoms with Gasteiger partial charge in [0, 0.05) is 10.6 Å². The van der Waals surface area contributed by atoms with Gasteiger partial charge in [0.25, 0.3) is 0 Å². The van der Waals surface area contributed by atoms with Gasteiger partial charge in [-0.15, -0.1) is 11.8 Å². The molecule has 0 unspecified atom stereocenters. The van der Waals surface area contributed by atoms with E-state index in [1.807, 2.05) is 30.3 Å². The van der Waals surface area contributed by atoms with Crippen LogP contribution in [0.3, 0.4) is 0 Å². The van der Waals surface area contributed by atoms with E-state index >= 15 is 0 Å². The predicted molar refractivity (Wildman–Crippen MR) is 83.4 cm³/mol. The molecule has 1 saturated heterocycles. The van der Waals surface area contributed by atoms with Crippen molar-refractivity contribution in [3.8, 4) is 0 Å². The fraction of sp³-hybridized carbons (Fsp3) is 0.533. The third kappa shape index (κ3) is 4.67. The van der Waals surface area contributed by atoms with Crippen LogP contribution in [0.2, 0.25) is 0 Å². The van der Waals surface area contributed by atoms with Crippen LogP contribution in [0.4, 0.5) is 0 Å². The molecule has 0 bridgehead atoms. The molecule has 1 aliphatic rings. The topological polar surface area (TPSA) is 137 Å². The summed E-state index contributed by atoms with van der Waals surface area (Å²) < 4.78 is 10.4. The first-order chi connectivity index (χ1) is 11.4. The van der Waals surface area contributed by atoms with Crippen LogP contribution in [0.15, 0.2) is 35.2 Å². The molecule has 1 aliphatic heterocycles. The number of carboxylic acid groups (broad SMARTS) is 1. The predicted octanol–water partition coefficient (Wildman–Crippen LogP) is -0.952. The highest BCUT2D eigenvalue weighted by Gasteiger charge is 2.45. The highest BCUT2D eigenvalue weighted by molar-refractivity contribution is 7.99. The highest BCUT2D eigenvalue weighted by Crippen LogP contribution is 2.25. The van der Waals surface area contributed by atoms with Gasteiger partial charge in [-0.1, -0.05) is 18.2 Å². The molecule has 0 aliphatic carbocycles. The van der Waals surface area contributed by atoms with E-state index in [9.17, 15) is 25.2 Å². The normalized spacial score (nSPS) is 31.6. The van der Waals surface area contributed by atoms with E-state index in [0.29, 0.717) is 0 Å². The summed E-state index contributed by atoms with van der Waals surface area (Å²) in [5.41, 5.74) is 0. The van der Waals surface area contributed by atoms with Crippen molar-refractivity contribution in [3.05, 3.63) is 30.3 Å². The number of thioether (sulfide) groups is 1. The minimum absolute atomic E-state index is 0.0500. The van der Waals surface area contributed by atoms with Crippen molar-refractivity contribution >= 4 is 17.7 Å². The average Bonchev–Trinajstić information content (AvgIpc) is 2.59. The minimum atomic E-state index is -1.63. The number of hydrogen-bond acceptors (Lipinski definition) is 8. The van der Waals surface area contributed by atoms with Gasteiger partial charge in [0.2, 0.25) is 0 Å². The van der Waals surface area contributed by atoms with E-state index in [0.717, 1.165) is 4.90 Å². The molecule has 6 atom stereocenters. The second kappa shape index (κ2) is 8.77. The van der Waals surface area contributed by atoms with Gasteiger partial charge in [0.15, 0.2) is 12.4 Å². The summed E-state index contributed by atoms with van der Waals surface area (Å²) in [6, 6.07) is 9.10. The van der Waals surface area contributed by atoms with Crippen molar-refractivity contribution < 1.29 is 39.8 Å². The number of carboxylic acids is 1. The van der Waals surface area contributed by atoms with Crippen molar-refractivity contribution in [2.24, 2.45) is 0 Å². The van der Waals surface area contributed by atoms with Crippen molar-refractivity contribution in [3.63, 3.8) is 0 Å². The van der Waals surface area contributed by atoms with Gasteiger partial charge in [0.05, 0.1) is 6.61 Å². The zero-order valence-electron chi connectivity index (χ0n) is 12.6. The van der Waals surface area contributed by atoms with Crippen molar-refractivity contribution in [2.75, 3.05) is 12.4 Å². The lowest BCUT2D eigenvalue weighted by Gasteiger charge is -2.40. The standard InChI is InChI=1S/C15H20O8S/c16-6-9-11(17)12(18)13(19)15(22-9)23-10(14(20)21)7-24-8-4-2-1-3-5-8/h1-5,9-13,15-19H,6-7H2,(H,20,21)/t9-,10-,11+,12+,13-,15-/m1/s1. The molecule has 0 amide bonds. The lowest BCUT2D eigenvalue weighted by Crippen LogP contribution is -2.60. The summed E-state index contributed by atoms with van der Waals surface area (Å²) in [6.07, 6.45) is -8.70. The Morgan fingerprint density at radius 3 is 2.42 bits per heavy atom. The number of carbonyl (C=O) groups is 1. The summed E-state index contributed by atoms with van der Waals surface area (Å²) >= 11 is 1.25. The van der Waals surface area contributed by atoms with Crippen molar-refractivity contribution in [1.82, 2.24) is 0 Å². The molecule has 1 fully saturated rings. The van der Waals surface area contributed by atoms with Gasteiger partial charge in [-0.05, 0) is 12.1 Å². The van der Waals surface area contributed by atoms with Crippen LogP contribution in [0.1, 0.15) is 0 Å². The van der Waals surface area contributed by atoms with Crippen molar-refractivity contribution in [2.45, 2.75) is 41.7 Å². The number of aliphatic carboxylic acids is 1. The van der Waals surface area contributed by atoms with Crippen molar-refractivity contribution in [1.29, 1.82) is 0 Å². The maximum absolute atomic E-state index is 11.4. The second-order valence-corrected chi connectivity index (χ2v) is 6.38. The molecule has 0 radical (unpaired) electrons. The molecule has 1 heterocycles. The van der Waals surface area contributed by atoms with Gasteiger partial charge < -0.3 is 35.0 Å². The summed E-state index contributed by atoms with van der Waals surface area (Å²) in [5.74, 6) is -1.20. The molecule has 1 aromatic rings. The number of rotatable bonds is 7. The largest absolute Gasteiger partial charge is 0.479 e. The lowest BCUT2D eigenvalue weighted by atomic mass is 9.99. The van der Waals surface area contributed by atoms with Gasteiger partial charge in [0.1, 0.15) is 24.4 Å². The zero-order chi connectivity index (χ0) is 17.7. The number of aliphatic hydroxyl groups excluding tert-OH is 4. The Kier molecular flexibility index (Phi) is 6.99. The SMILES string of the molecule is O=C(O)[C@@H](CSc1ccccc1)O[C@H]1O[C@H](CO)[C@H](O)[C@H](O)[C@H]1O. The maximum Gasteiger partial charge on any atom is 0.333 e. The second-order valence-electron chi connectivity index (χ2n) is 5.28. The third-order valence-corrected chi connectivity index (χ3v) is 4.64. The first-order valence-corrected chi connectivity index (χ1v) is 8.29. The van der Waals surface area contributed by atoms with Crippen LogP contribution < -0.4 is 0 Å². The molecule has 24 heavy (non-hydrogen) atoms. The fourth-order valence-electron chi connectivity index (χ4n) is 2.20. The van der Waals surface area contributed by atoms with E-state index in [4.69, 9.17) is 14.6 Å². The Morgan fingerprint density at radius 1 is 1.17 bits per heavy atom. The molecule has 9 heteroatoms. The molecular formula is C15H20O8S. The molecular weight excluding hydrogens is 340 g/mol. The Balaban J connectivity index is 2.00. The quantitative estimate of drug-likeness (QED) is 0.390. The Bertz CT molecular complexity index is 525. The Morgan fingerprint density at radius 2 is 1.83 bits per heavy atom. The lowest BCUT2D eigenvalue weighted by molar-refractivity contribution is -0.308. The van der Waals surface area contributed by atoms with Gasteiger partial charge in [-0.3, -0.25) is 0 Å². The van der Waals surface area contributed by atoms with Crippen LogP contribution in [0, 0.1) is 0 Å². The summed E-state index contributed by atoms with van der Waals surface area (Å²) in [4.78, 5) is 12.2. The van der Waals surface area contributed by atoms with Crippen LogP contribution in [0.5, 0.6) is 0 Å². The highest BCUT2D eigenvalue weighted by atomic mass is 32.2. The van der Waals surface area contributed by atoms with E-state index in [-0.39, 0.29) is 5.75 Å². The number of hydrogen-bond donors (Lipinski definition) is 5. The molecule has 1 aromatic carbocycles. The molecule has 0 spiro atoms. The summed E-state index contributed by atoms with van der Waals surface area (Å²) in [5, 5.41) is 47.7. The molecule has 0 saturated carbocycles. The molecule has 2 rings (SSSR count). The fourth-order valence-corrected chi connectivity index (χ4v) is 3.11. The van der Waals surface area contributed by atoms with E-state index in [2.05, 4.69) is 0 Å². The van der Waals surface area contributed by atoms with Gasteiger partial charge in [-0.2, -0.15) is 0 Å². The van der Waals surface area contributed by atoms with Crippen LogP contribution >= 0.6 is 11.8 Å². The number of benzene rings is 1. The maximum atomic E-state index is 11.4. The molecule has 8 nitrogen and oxygen atoms in total. The average molecular weight is 360 g/mol. The first kappa shape index (κ1) is 19.1. The van der Waals surface area contributed by atoms with Gasteiger partial charge >= 0.3 is 5.97 Å². The third-order valence-electron chi connectivity index (χ3n) is 3.57. The first-order valence-electron chi connectivity index (χ1n) is 7.30. The van der Waals surface area contributed by atoms with Crippen LogP contribution in [0.25, 0.3) is 0 Å². The van der Waals surface area contributed by atoms with E-state index < -0.39 is 49.4 Å². The van der Waals surface area contributed by atoms with Crippen LogP contribution in [-0.4, -0.2) is 80.7 Å². The van der Waals surface area contributed by atoms with Gasteiger partial charge in [-0.25, -0.2) is 4.79 Å². The monoisotopic (exact) mass is 360 g/mol. The zero-order valence-corrected chi connectivity index (χ0v) is 13.5. The molecule has 0 aromatic heterocycles. The number of ether oxygens (including phenoxy) is 2. The number of aliphatic hydroxyl groups is 4. The van der Waals surface area contributed by atoms with E-state index in [1.165, 1.54) is 11.8 Å². The van der Waals surface area contributed by atoms with E-state index in [1.54, 1.807) is 0 Å². The molecule has 134 valence electrons. The molecule has 5 N–H and O–H groups in total. The van der Waals surface area contributed by atoms with Crippen LogP contribution in [-0.2, 0) is 14.3 Å². The summed E-state index contributed by atoms with van der Waals surface area (Å²) in [6.45, 7) is -0.610. The smallest absolute Gasteiger partial charge is 0.333 e.